The van der Waals surface area contributed by atoms with Gasteiger partial charge in [0, 0.05) is 19.0 Å². The second kappa shape index (κ2) is 4.86. The van der Waals surface area contributed by atoms with Crippen LogP contribution in [0.4, 0.5) is 5.82 Å². The summed E-state index contributed by atoms with van der Waals surface area (Å²) in [6, 6.07) is 10.1. The Bertz CT molecular complexity index is 898. The second-order valence-electron chi connectivity index (χ2n) is 4.96. The molecule has 0 spiro atoms. The van der Waals surface area contributed by atoms with Crippen molar-refractivity contribution >= 4 is 39.2 Å². The summed E-state index contributed by atoms with van der Waals surface area (Å²) in [5.74, 6) is 0.822. The van der Waals surface area contributed by atoms with Crippen molar-refractivity contribution in [2.45, 2.75) is 6.54 Å². The van der Waals surface area contributed by atoms with E-state index in [-0.39, 0.29) is 0 Å². The number of benzene rings is 1. The average molecular weight is 295 g/mol. The first-order chi connectivity index (χ1) is 10.3. The Labute approximate surface area is 125 Å². The molecule has 0 saturated heterocycles. The maximum atomic E-state index is 5.96. The monoisotopic (exact) mass is 295 g/mol. The van der Waals surface area contributed by atoms with Crippen molar-refractivity contribution in [2.24, 2.45) is 0 Å². The lowest BCUT2D eigenvalue weighted by molar-refractivity contribution is 0.662. The number of fused-ring (bicyclic) bond motifs is 3. The molecule has 21 heavy (non-hydrogen) atoms. The summed E-state index contributed by atoms with van der Waals surface area (Å²) in [5, 5.41) is 5.26. The number of rotatable bonds is 3. The molecule has 0 bridgehead atoms. The predicted octanol–water partition coefficient (Wildman–Crippen LogP) is 4.07. The molecule has 3 aromatic heterocycles. The molecule has 0 fully saturated rings. The highest BCUT2D eigenvalue weighted by Crippen LogP contribution is 2.32. The lowest BCUT2D eigenvalue weighted by Gasteiger charge is -2.16. The van der Waals surface area contributed by atoms with E-state index in [2.05, 4.69) is 31.7 Å². The molecule has 1 aromatic carbocycles. The van der Waals surface area contributed by atoms with Crippen LogP contribution in [0.2, 0.25) is 0 Å². The Hall–Kier alpha value is -2.40. The maximum Gasteiger partial charge on any atom is 0.196 e. The van der Waals surface area contributed by atoms with Crippen LogP contribution in [0.3, 0.4) is 0 Å². The molecule has 0 atom stereocenters. The van der Waals surface area contributed by atoms with Crippen molar-refractivity contribution in [3.05, 3.63) is 53.0 Å². The fraction of sp³-hybridized carbons (Fsp3) is 0.125. The van der Waals surface area contributed by atoms with Gasteiger partial charge in [0.25, 0.3) is 0 Å². The number of nitrogens with zero attached hydrogens (tertiary/aromatic N) is 3. The molecule has 0 aliphatic heterocycles. The highest BCUT2D eigenvalue weighted by Gasteiger charge is 2.15. The smallest absolute Gasteiger partial charge is 0.196 e. The van der Waals surface area contributed by atoms with Crippen LogP contribution >= 0.6 is 11.3 Å². The Kier molecular flexibility index (Phi) is 2.86. The van der Waals surface area contributed by atoms with Gasteiger partial charge in [-0.25, -0.2) is 9.97 Å². The topological polar surface area (TPSA) is 42.2 Å². The van der Waals surface area contributed by atoms with Gasteiger partial charge in [0.05, 0.1) is 0 Å². The van der Waals surface area contributed by atoms with Crippen LogP contribution in [0.25, 0.3) is 22.1 Å². The number of hydrogen-bond acceptors (Lipinski definition) is 5. The van der Waals surface area contributed by atoms with E-state index in [1.165, 1.54) is 5.56 Å². The summed E-state index contributed by atoms with van der Waals surface area (Å²) in [4.78, 5) is 10.9. The van der Waals surface area contributed by atoms with Crippen molar-refractivity contribution in [3.8, 4) is 0 Å². The molecule has 3 heterocycles. The largest absolute Gasteiger partial charge is 0.450 e. The van der Waals surface area contributed by atoms with Crippen LogP contribution in [0.5, 0.6) is 0 Å². The summed E-state index contributed by atoms with van der Waals surface area (Å²) in [6.45, 7) is 0.798. The molecule has 104 valence electrons. The first-order valence-corrected chi connectivity index (χ1v) is 7.61. The molecular weight excluding hydrogens is 282 g/mol. The molecule has 4 rings (SSSR count). The zero-order valence-electron chi connectivity index (χ0n) is 11.5. The van der Waals surface area contributed by atoms with Gasteiger partial charge in [-0.2, -0.15) is 11.3 Å². The Morgan fingerprint density at radius 2 is 2.10 bits per heavy atom. The van der Waals surface area contributed by atoms with Gasteiger partial charge in [0.2, 0.25) is 0 Å². The minimum atomic E-state index is 0.747. The number of para-hydroxylation sites is 1. The van der Waals surface area contributed by atoms with Gasteiger partial charge in [-0.3, -0.25) is 0 Å². The zero-order chi connectivity index (χ0) is 14.2. The molecule has 0 radical (unpaired) electrons. The van der Waals surface area contributed by atoms with E-state index >= 15 is 0 Å². The van der Waals surface area contributed by atoms with Crippen molar-refractivity contribution in [1.82, 2.24) is 9.97 Å². The first-order valence-electron chi connectivity index (χ1n) is 6.67. The van der Waals surface area contributed by atoms with E-state index in [9.17, 15) is 0 Å². The minimum Gasteiger partial charge on any atom is -0.450 e. The van der Waals surface area contributed by atoms with Gasteiger partial charge >= 0.3 is 0 Å². The van der Waals surface area contributed by atoms with Crippen LogP contribution in [0, 0.1) is 0 Å². The molecule has 4 aromatic rings. The number of furan rings is 1. The Morgan fingerprint density at radius 1 is 1.19 bits per heavy atom. The van der Waals surface area contributed by atoms with Crippen molar-refractivity contribution in [1.29, 1.82) is 0 Å². The number of thiophene rings is 1. The first kappa shape index (κ1) is 12.3. The molecule has 0 amide bonds. The van der Waals surface area contributed by atoms with E-state index in [4.69, 9.17) is 4.42 Å². The van der Waals surface area contributed by atoms with Crippen molar-refractivity contribution in [2.75, 3.05) is 11.9 Å². The van der Waals surface area contributed by atoms with Crippen LogP contribution in [0.15, 0.2) is 51.8 Å². The summed E-state index contributed by atoms with van der Waals surface area (Å²) in [6.07, 6.45) is 1.60. The fourth-order valence-electron chi connectivity index (χ4n) is 2.51. The average Bonchev–Trinajstić information content (AvgIpc) is 3.13. The fourth-order valence-corrected chi connectivity index (χ4v) is 3.17. The van der Waals surface area contributed by atoms with Crippen LogP contribution in [0.1, 0.15) is 5.56 Å². The van der Waals surface area contributed by atoms with Gasteiger partial charge in [0.15, 0.2) is 11.4 Å². The highest BCUT2D eigenvalue weighted by molar-refractivity contribution is 7.07. The normalized spacial score (nSPS) is 11.3. The van der Waals surface area contributed by atoms with Crippen LogP contribution < -0.4 is 4.90 Å². The van der Waals surface area contributed by atoms with E-state index in [0.29, 0.717) is 0 Å². The Balaban J connectivity index is 1.84. The molecule has 0 saturated carbocycles. The molecular formula is C16H13N3OS. The second-order valence-corrected chi connectivity index (χ2v) is 5.74. The Morgan fingerprint density at radius 3 is 2.95 bits per heavy atom. The standard InChI is InChI=1S/C16H13N3OS/c1-19(8-11-6-7-21-9-11)16-15-14(17-10-18-16)12-4-2-3-5-13(12)20-15/h2-7,9-10H,8H2,1H3. The quantitative estimate of drug-likeness (QED) is 0.571. The molecule has 0 aliphatic rings. The summed E-state index contributed by atoms with van der Waals surface area (Å²) < 4.78 is 5.96. The molecule has 5 heteroatoms. The highest BCUT2D eigenvalue weighted by atomic mass is 32.1. The van der Waals surface area contributed by atoms with Gasteiger partial charge in [-0.1, -0.05) is 12.1 Å². The van der Waals surface area contributed by atoms with Crippen LogP contribution in [-0.2, 0) is 6.54 Å². The zero-order valence-corrected chi connectivity index (χ0v) is 12.3. The molecule has 4 nitrogen and oxygen atoms in total. The van der Waals surface area contributed by atoms with Gasteiger partial charge in [0.1, 0.15) is 17.4 Å². The summed E-state index contributed by atoms with van der Waals surface area (Å²) in [7, 11) is 2.02. The maximum absolute atomic E-state index is 5.96. The third-order valence-electron chi connectivity index (χ3n) is 3.50. The lowest BCUT2D eigenvalue weighted by Crippen LogP contribution is -2.17. The van der Waals surface area contributed by atoms with E-state index < -0.39 is 0 Å². The van der Waals surface area contributed by atoms with Gasteiger partial charge in [-0.05, 0) is 34.5 Å². The van der Waals surface area contributed by atoms with Gasteiger partial charge < -0.3 is 9.32 Å². The van der Waals surface area contributed by atoms with Crippen LogP contribution in [-0.4, -0.2) is 17.0 Å². The third kappa shape index (κ3) is 2.06. The summed E-state index contributed by atoms with van der Waals surface area (Å²) >= 11 is 1.70. The summed E-state index contributed by atoms with van der Waals surface area (Å²) in [5.41, 5.74) is 3.73. The SMILES string of the molecule is CN(Cc1ccsc1)c1ncnc2c1oc1ccccc12. The van der Waals surface area contributed by atoms with Gasteiger partial charge in [-0.15, -0.1) is 0 Å². The van der Waals surface area contributed by atoms with E-state index in [1.807, 2.05) is 31.3 Å². The number of aromatic nitrogens is 2. The predicted molar refractivity (Wildman–Crippen MR) is 85.7 cm³/mol. The lowest BCUT2D eigenvalue weighted by atomic mass is 10.2. The van der Waals surface area contributed by atoms with E-state index in [1.54, 1.807) is 17.7 Å². The van der Waals surface area contributed by atoms with E-state index in [0.717, 1.165) is 34.4 Å². The molecule has 0 unspecified atom stereocenters. The minimum absolute atomic E-state index is 0.747. The molecule has 0 aliphatic carbocycles. The number of anilines is 1. The number of hydrogen-bond donors (Lipinski definition) is 0. The molecule has 0 N–H and O–H groups in total. The van der Waals surface area contributed by atoms with Crippen molar-refractivity contribution < 1.29 is 4.42 Å². The van der Waals surface area contributed by atoms with Crippen molar-refractivity contribution in [3.63, 3.8) is 0 Å². The third-order valence-corrected chi connectivity index (χ3v) is 4.23.